The Morgan fingerprint density at radius 2 is 1.88 bits per heavy atom. The number of carbonyl (C=O) groups is 1. The van der Waals surface area contributed by atoms with Crippen molar-refractivity contribution < 1.29 is 4.79 Å². The molecule has 3 N–H and O–H groups in total. The van der Waals surface area contributed by atoms with E-state index in [1.807, 2.05) is 18.2 Å². The molecule has 0 unspecified atom stereocenters. The van der Waals surface area contributed by atoms with Crippen LogP contribution in [0.2, 0.25) is 0 Å². The average Bonchev–Trinajstić information content (AvgIpc) is 2.80. The fraction of sp³-hybridized carbons (Fsp3) is 0.500. The lowest BCUT2D eigenvalue weighted by Gasteiger charge is -2.31. The standard InChI is InChI=1S/C14H20N2O/c1-11(15)13(17)16-14(9-5-6-10-14)12-7-3-2-4-8-12/h2-4,7-8,11H,5-6,9-10,15H2,1H3,(H,16,17)/t11-/m0/s1. The molecule has 1 amide bonds. The number of rotatable bonds is 3. The molecule has 2 rings (SSSR count). The first-order valence-electron chi connectivity index (χ1n) is 6.27. The third kappa shape index (κ3) is 2.50. The summed E-state index contributed by atoms with van der Waals surface area (Å²) in [5.74, 6) is -0.0595. The number of carbonyl (C=O) groups excluding carboxylic acids is 1. The van der Waals surface area contributed by atoms with Crippen LogP contribution in [0.1, 0.15) is 38.2 Å². The maximum atomic E-state index is 11.8. The third-order valence-corrected chi connectivity index (χ3v) is 3.56. The van der Waals surface area contributed by atoms with Gasteiger partial charge in [-0.3, -0.25) is 4.79 Å². The molecule has 0 aliphatic heterocycles. The second-order valence-corrected chi connectivity index (χ2v) is 4.93. The maximum absolute atomic E-state index is 11.8. The van der Waals surface area contributed by atoms with Gasteiger partial charge in [-0.25, -0.2) is 0 Å². The molecule has 1 saturated carbocycles. The number of nitrogens with one attached hydrogen (secondary N) is 1. The lowest BCUT2D eigenvalue weighted by Crippen LogP contribution is -2.49. The van der Waals surface area contributed by atoms with Crippen molar-refractivity contribution >= 4 is 5.91 Å². The number of hydrogen-bond acceptors (Lipinski definition) is 2. The summed E-state index contributed by atoms with van der Waals surface area (Å²) in [4.78, 5) is 11.8. The predicted octanol–water partition coefficient (Wildman–Crippen LogP) is 1.92. The minimum Gasteiger partial charge on any atom is -0.345 e. The molecule has 1 aliphatic rings. The summed E-state index contributed by atoms with van der Waals surface area (Å²) >= 11 is 0. The van der Waals surface area contributed by atoms with E-state index in [1.165, 1.54) is 5.56 Å². The van der Waals surface area contributed by atoms with Crippen molar-refractivity contribution in [3.63, 3.8) is 0 Å². The van der Waals surface area contributed by atoms with E-state index in [2.05, 4.69) is 17.4 Å². The number of nitrogens with two attached hydrogens (primary N) is 1. The van der Waals surface area contributed by atoms with Gasteiger partial charge in [0.15, 0.2) is 0 Å². The predicted molar refractivity (Wildman–Crippen MR) is 68.4 cm³/mol. The highest BCUT2D eigenvalue weighted by Crippen LogP contribution is 2.38. The highest BCUT2D eigenvalue weighted by Gasteiger charge is 2.37. The molecule has 0 aromatic heterocycles. The smallest absolute Gasteiger partial charge is 0.237 e. The number of amides is 1. The normalized spacial score (nSPS) is 19.9. The van der Waals surface area contributed by atoms with Gasteiger partial charge in [-0.2, -0.15) is 0 Å². The van der Waals surface area contributed by atoms with Gasteiger partial charge in [0.05, 0.1) is 11.6 Å². The van der Waals surface area contributed by atoms with Crippen LogP contribution in [0.15, 0.2) is 30.3 Å². The Balaban J connectivity index is 2.24. The van der Waals surface area contributed by atoms with E-state index in [0.717, 1.165) is 25.7 Å². The van der Waals surface area contributed by atoms with E-state index in [0.29, 0.717) is 0 Å². The van der Waals surface area contributed by atoms with Crippen LogP contribution in [-0.4, -0.2) is 11.9 Å². The van der Waals surface area contributed by atoms with Gasteiger partial charge in [0.2, 0.25) is 5.91 Å². The fourth-order valence-corrected chi connectivity index (χ4v) is 2.57. The van der Waals surface area contributed by atoms with Crippen LogP contribution in [0.3, 0.4) is 0 Å². The lowest BCUT2D eigenvalue weighted by atomic mass is 9.88. The van der Waals surface area contributed by atoms with E-state index in [4.69, 9.17) is 5.73 Å². The molecule has 1 aliphatic carbocycles. The summed E-state index contributed by atoms with van der Waals surface area (Å²) in [6, 6.07) is 9.77. The van der Waals surface area contributed by atoms with E-state index >= 15 is 0 Å². The summed E-state index contributed by atoms with van der Waals surface area (Å²) in [5, 5.41) is 3.14. The maximum Gasteiger partial charge on any atom is 0.237 e. The van der Waals surface area contributed by atoms with Gasteiger partial charge < -0.3 is 11.1 Å². The highest BCUT2D eigenvalue weighted by atomic mass is 16.2. The van der Waals surface area contributed by atoms with Crippen LogP contribution in [0, 0.1) is 0 Å². The molecule has 92 valence electrons. The molecule has 0 radical (unpaired) electrons. The first-order chi connectivity index (χ1) is 8.14. The van der Waals surface area contributed by atoms with Crippen LogP contribution in [0.5, 0.6) is 0 Å². The Kier molecular flexibility index (Phi) is 3.48. The van der Waals surface area contributed by atoms with E-state index in [-0.39, 0.29) is 11.4 Å². The monoisotopic (exact) mass is 232 g/mol. The van der Waals surface area contributed by atoms with Crippen molar-refractivity contribution in [3.8, 4) is 0 Å². The molecule has 17 heavy (non-hydrogen) atoms. The molecule has 0 bridgehead atoms. The number of benzene rings is 1. The molecule has 0 heterocycles. The zero-order valence-electron chi connectivity index (χ0n) is 10.3. The van der Waals surface area contributed by atoms with Crippen LogP contribution < -0.4 is 11.1 Å². The van der Waals surface area contributed by atoms with Gasteiger partial charge >= 0.3 is 0 Å². The molecular formula is C14H20N2O. The van der Waals surface area contributed by atoms with Gasteiger partial charge in [-0.1, -0.05) is 43.2 Å². The zero-order valence-corrected chi connectivity index (χ0v) is 10.3. The molecule has 0 spiro atoms. The molecule has 0 saturated heterocycles. The quantitative estimate of drug-likeness (QED) is 0.836. The summed E-state index contributed by atoms with van der Waals surface area (Å²) < 4.78 is 0. The Bertz CT molecular complexity index is 380. The van der Waals surface area contributed by atoms with Crippen molar-refractivity contribution in [2.45, 2.75) is 44.2 Å². The summed E-state index contributed by atoms with van der Waals surface area (Å²) in [5.41, 5.74) is 6.65. The van der Waals surface area contributed by atoms with E-state index in [1.54, 1.807) is 6.92 Å². The van der Waals surface area contributed by atoms with Crippen LogP contribution >= 0.6 is 0 Å². The highest BCUT2D eigenvalue weighted by molar-refractivity contribution is 5.82. The molecule has 1 fully saturated rings. The van der Waals surface area contributed by atoms with Crippen molar-refractivity contribution in [1.82, 2.24) is 5.32 Å². The van der Waals surface area contributed by atoms with E-state index in [9.17, 15) is 4.79 Å². The first-order valence-corrected chi connectivity index (χ1v) is 6.27. The first kappa shape index (κ1) is 12.1. The van der Waals surface area contributed by atoms with Gasteiger partial charge in [-0.05, 0) is 25.3 Å². The average molecular weight is 232 g/mol. The van der Waals surface area contributed by atoms with Crippen molar-refractivity contribution in [2.24, 2.45) is 5.73 Å². The Hall–Kier alpha value is -1.35. The molecular weight excluding hydrogens is 212 g/mol. The Labute approximate surface area is 102 Å². The molecule has 3 heteroatoms. The van der Waals surface area contributed by atoms with Crippen LogP contribution in [0.4, 0.5) is 0 Å². The Morgan fingerprint density at radius 3 is 2.41 bits per heavy atom. The summed E-state index contributed by atoms with van der Waals surface area (Å²) in [6.07, 6.45) is 4.34. The van der Waals surface area contributed by atoms with Gasteiger partial charge in [0, 0.05) is 0 Å². The van der Waals surface area contributed by atoms with E-state index < -0.39 is 6.04 Å². The Morgan fingerprint density at radius 1 is 1.29 bits per heavy atom. The van der Waals surface area contributed by atoms with Crippen molar-refractivity contribution in [3.05, 3.63) is 35.9 Å². The third-order valence-electron chi connectivity index (χ3n) is 3.56. The van der Waals surface area contributed by atoms with Gasteiger partial charge in [0.25, 0.3) is 0 Å². The minimum atomic E-state index is -0.448. The van der Waals surface area contributed by atoms with Crippen LogP contribution in [0.25, 0.3) is 0 Å². The number of hydrogen-bond donors (Lipinski definition) is 2. The fourth-order valence-electron chi connectivity index (χ4n) is 2.57. The second-order valence-electron chi connectivity index (χ2n) is 4.93. The summed E-state index contributed by atoms with van der Waals surface area (Å²) in [7, 11) is 0. The van der Waals surface area contributed by atoms with Crippen molar-refractivity contribution in [1.29, 1.82) is 0 Å². The van der Waals surface area contributed by atoms with Gasteiger partial charge in [-0.15, -0.1) is 0 Å². The summed E-state index contributed by atoms with van der Waals surface area (Å²) in [6.45, 7) is 1.73. The minimum absolute atomic E-state index is 0.0595. The topological polar surface area (TPSA) is 55.1 Å². The lowest BCUT2D eigenvalue weighted by molar-refractivity contribution is -0.124. The largest absolute Gasteiger partial charge is 0.345 e. The molecule has 3 nitrogen and oxygen atoms in total. The second kappa shape index (κ2) is 4.88. The van der Waals surface area contributed by atoms with Gasteiger partial charge in [0.1, 0.15) is 0 Å². The van der Waals surface area contributed by atoms with Crippen LogP contribution in [-0.2, 0) is 10.3 Å². The SMILES string of the molecule is C[C@H](N)C(=O)NC1(c2ccccc2)CCCC1. The molecule has 1 aromatic rings. The zero-order chi connectivity index (χ0) is 12.3. The molecule has 1 atom stereocenters. The molecule has 1 aromatic carbocycles. The van der Waals surface area contributed by atoms with Crippen molar-refractivity contribution in [2.75, 3.05) is 0 Å².